The van der Waals surface area contributed by atoms with Gasteiger partial charge in [-0.2, -0.15) is 0 Å². The van der Waals surface area contributed by atoms with Crippen molar-refractivity contribution < 1.29 is 28.6 Å². The SMILES string of the molecule is CC/C=C\C/C=C\C/C=C\C/C=C\C/C=C\C/C=C\C/C=C\C/C=C\C/C=C\CCCCCC(=O)OCC(COC(=O)CCCCCCC)OC(=O)CCCCCCCCCCCCC. The monoisotopic (exact) mass is 901 g/mol. The third-order valence-electron chi connectivity index (χ3n) is 10.8. The molecule has 0 aromatic carbocycles. The van der Waals surface area contributed by atoms with E-state index in [-0.39, 0.29) is 31.1 Å². The Labute approximate surface area is 400 Å². The first kappa shape index (κ1) is 61.1. The number of hydrogen-bond donors (Lipinski definition) is 0. The molecule has 368 valence electrons. The van der Waals surface area contributed by atoms with Gasteiger partial charge in [0.1, 0.15) is 13.2 Å². The van der Waals surface area contributed by atoms with E-state index in [1.54, 1.807) is 0 Å². The van der Waals surface area contributed by atoms with Gasteiger partial charge >= 0.3 is 17.9 Å². The van der Waals surface area contributed by atoms with E-state index < -0.39 is 6.10 Å². The number of rotatable bonds is 46. The number of unbranched alkanes of at least 4 members (excludes halogenated alkanes) is 17. The highest BCUT2D eigenvalue weighted by Gasteiger charge is 2.19. The van der Waals surface area contributed by atoms with E-state index in [9.17, 15) is 14.4 Å². The Morgan fingerprint density at radius 1 is 0.323 bits per heavy atom. The lowest BCUT2D eigenvalue weighted by Crippen LogP contribution is -2.30. The molecule has 6 nitrogen and oxygen atoms in total. The van der Waals surface area contributed by atoms with Gasteiger partial charge in [0.05, 0.1) is 0 Å². The van der Waals surface area contributed by atoms with E-state index >= 15 is 0 Å². The van der Waals surface area contributed by atoms with E-state index in [1.807, 2.05) is 0 Å². The van der Waals surface area contributed by atoms with Crippen LogP contribution in [0.1, 0.15) is 226 Å². The van der Waals surface area contributed by atoms with Crippen molar-refractivity contribution in [2.45, 2.75) is 232 Å². The largest absolute Gasteiger partial charge is 0.462 e. The molecule has 0 saturated heterocycles. The average Bonchev–Trinajstić information content (AvgIpc) is 3.30. The first-order chi connectivity index (χ1) is 32.0. The number of esters is 3. The van der Waals surface area contributed by atoms with Gasteiger partial charge in [0.15, 0.2) is 6.10 Å². The second-order valence-electron chi connectivity index (χ2n) is 17.1. The summed E-state index contributed by atoms with van der Waals surface area (Å²) in [6.45, 7) is 6.38. The molecular weight excluding hydrogens is 805 g/mol. The van der Waals surface area contributed by atoms with Crippen LogP contribution in [0.15, 0.2) is 109 Å². The highest BCUT2D eigenvalue weighted by molar-refractivity contribution is 5.71. The molecule has 0 aliphatic heterocycles. The molecule has 6 heteroatoms. The Morgan fingerprint density at radius 3 is 0.938 bits per heavy atom. The molecule has 0 amide bonds. The predicted molar refractivity (Wildman–Crippen MR) is 279 cm³/mol. The first-order valence-electron chi connectivity index (χ1n) is 26.4. The Kier molecular flexibility index (Phi) is 49.5. The molecule has 0 aliphatic rings. The fourth-order valence-electron chi connectivity index (χ4n) is 6.84. The summed E-state index contributed by atoms with van der Waals surface area (Å²) >= 11 is 0. The standard InChI is InChI=1S/C59H96O6/c1-4-7-10-13-15-17-19-20-21-22-23-24-25-26-27-28-29-30-31-32-33-34-35-36-37-38-40-41-43-46-49-52-58(61)64-55-56(54-63-57(60)51-48-45-12-9-6-3)65-59(62)53-50-47-44-42-39-18-16-14-11-8-5-2/h7,10,15,17,20-21,23-24,26-27,29-30,32-33,35-36,38,40,56H,4-6,8-9,11-14,16,18-19,22,25,28,31,34,37,39,41-55H2,1-3H3/b10-7-,17-15-,21-20-,24-23-,27-26-,30-29-,33-32-,36-35-,40-38-. The van der Waals surface area contributed by atoms with Gasteiger partial charge in [0, 0.05) is 19.3 Å². The number of carbonyl (C=O) groups excluding carboxylic acids is 3. The molecule has 0 bridgehead atoms. The van der Waals surface area contributed by atoms with Gasteiger partial charge in [-0.25, -0.2) is 0 Å². The number of allylic oxidation sites excluding steroid dienone is 18. The quantitative estimate of drug-likeness (QED) is 0.0262. The van der Waals surface area contributed by atoms with E-state index in [2.05, 4.69) is 130 Å². The molecule has 65 heavy (non-hydrogen) atoms. The van der Waals surface area contributed by atoms with Crippen LogP contribution in [-0.2, 0) is 28.6 Å². The third-order valence-corrected chi connectivity index (χ3v) is 10.8. The average molecular weight is 901 g/mol. The van der Waals surface area contributed by atoms with Gasteiger partial charge in [-0.05, 0) is 89.9 Å². The fourth-order valence-corrected chi connectivity index (χ4v) is 6.84. The zero-order valence-electron chi connectivity index (χ0n) is 42.0. The summed E-state index contributed by atoms with van der Waals surface area (Å²) < 4.78 is 16.6. The van der Waals surface area contributed by atoms with Crippen LogP contribution in [0.25, 0.3) is 0 Å². The van der Waals surface area contributed by atoms with Crippen LogP contribution < -0.4 is 0 Å². The molecule has 1 atom stereocenters. The Balaban J connectivity index is 4.15. The second kappa shape index (κ2) is 52.7. The second-order valence-corrected chi connectivity index (χ2v) is 17.1. The summed E-state index contributed by atoms with van der Waals surface area (Å²) in [5, 5.41) is 0. The van der Waals surface area contributed by atoms with Gasteiger partial charge in [-0.3, -0.25) is 14.4 Å². The smallest absolute Gasteiger partial charge is 0.306 e. The first-order valence-corrected chi connectivity index (χ1v) is 26.4. The molecule has 0 aromatic heterocycles. The van der Waals surface area contributed by atoms with Gasteiger partial charge in [0.25, 0.3) is 0 Å². The molecule has 0 aromatic rings. The molecule has 1 unspecified atom stereocenters. The zero-order chi connectivity index (χ0) is 47.2. The van der Waals surface area contributed by atoms with Crippen LogP contribution in [0.5, 0.6) is 0 Å². The van der Waals surface area contributed by atoms with Crippen molar-refractivity contribution in [2.75, 3.05) is 13.2 Å². The van der Waals surface area contributed by atoms with Crippen LogP contribution in [0.3, 0.4) is 0 Å². The van der Waals surface area contributed by atoms with Gasteiger partial charge in [0.2, 0.25) is 0 Å². The maximum Gasteiger partial charge on any atom is 0.306 e. The highest BCUT2D eigenvalue weighted by Crippen LogP contribution is 2.14. The Hall–Kier alpha value is -3.93. The maximum absolute atomic E-state index is 12.7. The topological polar surface area (TPSA) is 78.9 Å². The Morgan fingerprint density at radius 2 is 0.600 bits per heavy atom. The number of ether oxygens (including phenoxy) is 3. The van der Waals surface area contributed by atoms with Crippen molar-refractivity contribution >= 4 is 17.9 Å². The van der Waals surface area contributed by atoms with Crippen molar-refractivity contribution in [2.24, 2.45) is 0 Å². The highest BCUT2D eigenvalue weighted by atomic mass is 16.6. The third kappa shape index (κ3) is 50.9. The molecule has 0 heterocycles. The molecule has 0 radical (unpaired) electrons. The minimum absolute atomic E-state index is 0.0889. The normalized spacial score (nSPS) is 13.0. The van der Waals surface area contributed by atoms with Crippen molar-refractivity contribution in [3.63, 3.8) is 0 Å². The van der Waals surface area contributed by atoms with E-state index in [4.69, 9.17) is 14.2 Å². The van der Waals surface area contributed by atoms with E-state index in [0.29, 0.717) is 19.3 Å². The predicted octanol–water partition coefficient (Wildman–Crippen LogP) is 17.5. The number of hydrogen-bond acceptors (Lipinski definition) is 6. The molecule has 0 aliphatic carbocycles. The molecular formula is C59H96O6. The summed E-state index contributed by atoms with van der Waals surface area (Å²) in [4.78, 5) is 37.6. The molecule has 0 saturated carbocycles. The van der Waals surface area contributed by atoms with Crippen molar-refractivity contribution in [3.8, 4) is 0 Å². The lowest BCUT2D eigenvalue weighted by atomic mass is 10.1. The van der Waals surface area contributed by atoms with Crippen LogP contribution in [0.4, 0.5) is 0 Å². The van der Waals surface area contributed by atoms with Gasteiger partial charge in [-0.1, -0.05) is 226 Å². The maximum atomic E-state index is 12.7. The van der Waals surface area contributed by atoms with Gasteiger partial charge < -0.3 is 14.2 Å². The van der Waals surface area contributed by atoms with Crippen LogP contribution >= 0.6 is 0 Å². The van der Waals surface area contributed by atoms with Crippen molar-refractivity contribution in [1.82, 2.24) is 0 Å². The number of carbonyl (C=O) groups is 3. The lowest BCUT2D eigenvalue weighted by Gasteiger charge is -2.18. The Bertz CT molecular complexity index is 1360. The molecule has 0 fully saturated rings. The summed E-state index contributed by atoms with van der Waals surface area (Å²) in [6.07, 6.45) is 71.2. The lowest BCUT2D eigenvalue weighted by molar-refractivity contribution is -0.167. The minimum Gasteiger partial charge on any atom is -0.462 e. The van der Waals surface area contributed by atoms with E-state index in [0.717, 1.165) is 128 Å². The van der Waals surface area contributed by atoms with Crippen molar-refractivity contribution in [1.29, 1.82) is 0 Å². The molecule has 0 rings (SSSR count). The van der Waals surface area contributed by atoms with Crippen molar-refractivity contribution in [3.05, 3.63) is 109 Å². The van der Waals surface area contributed by atoms with Crippen LogP contribution in [0.2, 0.25) is 0 Å². The van der Waals surface area contributed by atoms with Crippen LogP contribution in [0, 0.1) is 0 Å². The van der Waals surface area contributed by atoms with Crippen LogP contribution in [-0.4, -0.2) is 37.2 Å². The van der Waals surface area contributed by atoms with E-state index in [1.165, 1.54) is 57.8 Å². The summed E-state index contributed by atoms with van der Waals surface area (Å²) in [6, 6.07) is 0. The zero-order valence-corrected chi connectivity index (χ0v) is 42.0. The summed E-state index contributed by atoms with van der Waals surface area (Å²) in [5.41, 5.74) is 0. The molecule has 0 spiro atoms. The fraction of sp³-hybridized carbons (Fsp3) is 0.644. The summed E-state index contributed by atoms with van der Waals surface area (Å²) in [5.74, 6) is -0.943. The summed E-state index contributed by atoms with van der Waals surface area (Å²) in [7, 11) is 0. The van der Waals surface area contributed by atoms with Gasteiger partial charge in [-0.15, -0.1) is 0 Å². The minimum atomic E-state index is -0.785. The molecule has 0 N–H and O–H groups in total.